The topological polar surface area (TPSA) is 135 Å². The van der Waals surface area contributed by atoms with Gasteiger partial charge in [0.25, 0.3) is 5.91 Å². The Morgan fingerprint density at radius 2 is 1.73 bits per heavy atom. The first-order valence-corrected chi connectivity index (χ1v) is 17.4. The van der Waals surface area contributed by atoms with Gasteiger partial charge in [0.1, 0.15) is 9.84 Å². The number of hydrogen-bond donors (Lipinski definition) is 2. The fraction of sp³-hybridized carbons (Fsp3) is 0.345. The van der Waals surface area contributed by atoms with Gasteiger partial charge < -0.3 is 5.32 Å². The number of pyridine rings is 1. The maximum absolute atomic E-state index is 13.3. The summed E-state index contributed by atoms with van der Waals surface area (Å²) in [5.41, 5.74) is 1.71. The molecule has 12 heteroatoms. The van der Waals surface area contributed by atoms with Gasteiger partial charge in [-0.05, 0) is 56.7 Å². The monoisotopic (exact) mass is 612 g/mol. The van der Waals surface area contributed by atoms with E-state index in [0.29, 0.717) is 30.3 Å². The van der Waals surface area contributed by atoms with Crippen molar-refractivity contribution in [1.29, 1.82) is 0 Å². The number of thiazole rings is 1. The fourth-order valence-electron chi connectivity index (χ4n) is 4.92. The van der Waals surface area contributed by atoms with Crippen LogP contribution in [0.4, 0.5) is 0 Å². The van der Waals surface area contributed by atoms with E-state index in [1.165, 1.54) is 11.3 Å². The summed E-state index contributed by atoms with van der Waals surface area (Å²) in [6, 6.07) is 14.2. The molecule has 3 heterocycles. The quantitative estimate of drug-likeness (QED) is 0.317. The number of rotatable bonds is 7. The van der Waals surface area contributed by atoms with Crippen LogP contribution >= 0.6 is 11.3 Å². The molecule has 0 atom stereocenters. The number of carbonyl (C=O) groups is 1. The van der Waals surface area contributed by atoms with E-state index in [2.05, 4.69) is 15.0 Å². The molecule has 0 spiro atoms. The van der Waals surface area contributed by atoms with E-state index >= 15 is 0 Å². The molecule has 1 aliphatic heterocycles. The maximum Gasteiger partial charge on any atom is 0.280 e. The molecule has 41 heavy (non-hydrogen) atoms. The Kier molecular flexibility index (Phi) is 8.03. The van der Waals surface area contributed by atoms with Crippen LogP contribution in [0.5, 0.6) is 0 Å². The van der Waals surface area contributed by atoms with Gasteiger partial charge in [-0.1, -0.05) is 36.4 Å². The maximum atomic E-state index is 13.3. The minimum atomic E-state index is -3.81. The highest BCUT2D eigenvalue weighted by Gasteiger charge is 2.28. The van der Waals surface area contributed by atoms with Gasteiger partial charge in [0.05, 0.1) is 27.0 Å². The summed E-state index contributed by atoms with van der Waals surface area (Å²) in [5.74, 6) is -0.243. The molecule has 1 fully saturated rings. The highest BCUT2D eigenvalue weighted by molar-refractivity contribution is 7.91. The minimum absolute atomic E-state index is 0.0542. The average molecular weight is 613 g/mol. The predicted octanol–water partition coefficient (Wildman–Crippen LogP) is 4.33. The van der Waals surface area contributed by atoms with Crippen molar-refractivity contribution in [2.45, 2.75) is 56.5 Å². The van der Waals surface area contributed by atoms with Gasteiger partial charge in [-0.15, -0.1) is 11.3 Å². The molecule has 0 bridgehead atoms. The molecule has 5 rings (SSSR count). The summed E-state index contributed by atoms with van der Waals surface area (Å²) in [5, 5.41) is 4.52. The Morgan fingerprint density at radius 1 is 1.02 bits per heavy atom. The standard InChI is InChI=1S/C29H32N4O5S3/c1-29(2,3)33-41(37,38)25-11-10-23(21-8-4-5-9-22(21)25)26-24(17-19-7-6-14-30-18-19)32-28(39-26)27(34)31-20-12-15-40(35,36)16-13-20/h4-11,14,18,20,33H,12-13,15-17H2,1-3H3,(H,31,34). The summed E-state index contributed by atoms with van der Waals surface area (Å²) < 4.78 is 53.0. The van der Waals surface area contributed by atoms with Gasteiger partial charge in [0.2, 0.25) is 10.0 Å². The van der Waals surface area contributed by atoms with Crippen molar-refractivity contribution in [1.82, 2.24) is 20.0 Å². The molecular formula is C29H32N4O5S3. The lowest BCUT2D eigenvalue weighted by molar-refractivity contribution is 0.0933. The molecule has 0 radical (unpaired) electrons. The number of fused-ring (bicyclic) bond motifs is 1. The van der Waals surface area contributed by atoms with Crippen molar-refractivity contribution in [2.75, 3.05) is 11.5 Å². The molecule has 4 aromatic rings. The number of sulfone groups is 1. The molecule has 1 saturated heterocycles. The number of amides is 1. The van der Waals surface area contributed by atoms with Gasteiger partial charge in [0, 0.05) is 41.3 Å². The second-order valence-corrected chi connectivity index (χ2v) is 16.2. The lowest BCUT2D eigenvalue weighted by atomic mass is 10.0. The second kappa shape index (κ2) is 11.2. The molecule has 1 aliphatic rings. The van der Waals surface area contributed by atoms with Crippen molar-refractivity contribution in [3.63, 3.8) is 0 Å². The van der Waals surface area contributed by atoms with E-state index in [9.17, 15) is 21.6 Å². The molecule has 0 saturated carbocycles. The van der Waals surface area contributed by atoms with Gasteiger partial charge >= 0.3 is 0 Å². The first-order valence-electron chi connectivity index (χ1n) is 13.3. The Morgan fingerprint density at radius 3 is 2.39 bits per heavy atom. The van der Waals surface area contributed by atoms with Crippen LogP contribution < -0.4 is 10.0 Å². The third kappa shape index (κ3) is 6.83. The van der Waals surface area contributed by atoms with Crippen molar-refractivity contribution >= 4 is 47.9 Å². The highest BCUT2D eigenvalue weighted by atomic mass is 32.2. The summed E-state index contributed by atoms with van der Waals surface area (Å²) in [7, 11) is -6.86. The van der Waals surface area contributed by atoms with Crippen molar-refractivity contribution in [3.8, 4) is 10.4 Å². The highest BCUT2D eigenvalue weighted by Crippen LogP contribution is 2.39. The van der Waals surface area contributed by atoms with Gasteiger partial charge in [-0.25, -0.2) is 26.5 Å². The number of sulfonamides is 1. The molecule has 1 amide bonds. The molecular weight excluding hydrogens is 581 g/mol. The lowest BCUT2D eigenvalue weighted by Gasteiger charge is -2.22. The van der Waals surface area contributed by atoms with Crippen LogP contribution in [-0.4, -0.2) is 55.8 Å². The second-order valence-electron chi connectivity index (χ2n) is 11.2. The van der Waals surface area contributed by atoms with Crippen LogP contribution in [-0.2, 0) is 26.3 Å². The zero-order valence-electron chi connectivity index (χ0n) is 23.0. The number of benzene rings is 2. The first-order chi connectivity index (χ1) is 19.3. The smallest absolute Gasteiger partial charge is 0.280 e. The Bertz CT molecular complexity index is 1800. The minimum Gasteiger partial charge on any atom is -0.347 e. The largest absolute Gasteiger partial charge is 0.347 e. The first kappa shape index (κ1) is 29.3. The van der Waals surface area contributed by atoms with E-state index in [0.717, 1.165) is 21.4 Å². The zero-order valence-corrected chi connectivity index (χ0v) is 25.5. The van der Waals surface area contributed by atoms with E-state index in [1.807, 2.05) is 24.3 Å². The zero-order chi connectivity index (χ0) is 29.4. The summed E-state index contributed by atoms with van der Waals surface area (Å²) in [6.07, 6.45) is 4.61. The average Bonchev–Trinajstić information content (AvgIpc) is 3.32. The van der Waals surface area contributed by atoms with Crippen LogP contribution in [0.15, 0.2) is 65.8 Å². The Hall–Kier alpha value is -3.19. The van der Waals surface area contributed by atoms with Crippen LogP contribution in [0.1, 0.15) is 54.7 Å². The number of nitrogens with zero attached hydrogens (tertiary/aromatic N) is 2. The number of nitrogens with one attached hydrogen (secondary N) is 2. The van der Waals surface area contributed by atoms with E-state index in [4.69, 9.17) is 4.98 Å². The third-order valence-electron chi connectivity index (χ3n) is 6.73. The van der Waals surface area contributed by atoms with Crippen LogP contribution in [0, 0.1) is 0 Å². The van der Waals surface area contributed by atoms with Crippen molar-refractivity contribution in [3.05, 3.63) is 77.2 Å². The van der Waals surface area contributed by atoms with Crippen molar-refractivity contribution in [2.24, 2.45) is 0 Å². The Balaban J connectivity index is 1.57. The van der Waals surface area contributed by atoms with E-state index in [-0.39, 0.29) is 33.4 Å². The molecule has 216 valence electrons. The normalized spacial score (nSPS) is 16.1. The SMILES string of the molecule is CC(C)(C)NS(=O)(=O)c1ccc(-c2sc(C(=O)NC3CCS(=O)(=O)CC3)nc2Cc2cccnc2)c2ccccc12. The number of carbonyl (C=O) groups excluding carboxylic acids is 1. The molecule has 2 aromatic carbocycles. The van der Waals surface area contributed by atoms with Gasteiger partial charge in [-0.2, -0.15) is 0 Å². The fourth-order valence-corrected chi connectivity index (χ4v) is 9.07. The summed E-state index contributed by atoms with van der Waals surface area (Å²) >= 11 is 1.24. The number of aromatic nitrogens is 2. The van der Waals surface area contributed by atoms with Crippen molar-refractivity contribution < 1.29 is 21.6 Å². The third-order valence-corrected chi connectivity index (χ3v) is 11.4. The molecule has 0 aliphatic carbocycles. The Labute approximate surface area is 244 Å². The van der Waals surface area contributed by atoms with Crippen LogP contribution in [0.25, 0.3) is 21.2 Å². The van der Waals surface area contributed by atoms with Crippen LogP contribution in [0.2, 0.25) is 0 Å². The van der Waals surface area contributed by atoms with Crippen LogP contribution in [0.3, 0.4) is 0 Å². The predicted molar refractivity (Wildman–Crippen MR) is 161 cm³/mol. The molecule has 2 N–H and O–H groups in total. The van der Waals surface area contributed by atoms with E-state index in [1.54, 1.807) is 57.4 Å². The summed E-state index contributed by atoms with van der Waals surface area (Å²) in [4.78, 5) is 23.2. The molecule has 0 unspecified atom stereocenters. The summed E-state index contributed by atoms with van der Waals surface area (Å²) in [6.45, 7) is 5.38. The lowest BCUT2D eigenvalue weighted by Crippen LogP contribution is -2.40. The van der Waals surface area contributed by atoms with Gasteiger partial charge in [0.15, 0.2) is 5.01 Å². The molecule has 9 nitrogen and oxygen atoms in total. The van der Waals surface area contributed by atoms with Gasteiger partial charge in [-0.3, -0.25) is 9.78 Å². The van der Waals surface area contributed by atoms with E-state index < -0.39 is 25.4 Å². The molecule has 2 aromatic heterocycles. The number of hydrogen-bond acceptors (Lipinski definition) is 8.